The molecule has 0 unspecified atom stereocenters. The Morgan fingerprint density at radius 1 is 1.38 bits per heavy atom. The number of carbonyl (C=O) groups excluding carboxylic acids is 1. The van der Waals surface area contributed by atoms with Crippen molar-refractivity contribution >= 4 is 12.2 Å². The van der Waals surface area contributed by atoms with E-state index in [0.29, 0.717) is 6.61 Å². The number of methoxy groups -OCH3 is 1. The van der Waals surface area contributed by atoms with Gasteiger partial charge in [-0.25, -0.2) is 0 Å². The summed E-state index contributed by atoms with van der Waals surface area (Å²) in [6, 6.07) is 7.55. The quantitative estimate of drug-likeness (QED) is 0.429. The van der Waals surface area contributed by atoms with Crippen LogP contribution >= 0.6 is 0 Å². The molecular formula is C17H27N3O4. The molecule has 0 saturated heterocycles. The van der Waals surface area contributed by atoms with Crippen LogP contribution < -0.4 is 5.59 Å². The van der Waals surface area contributed by atoms with Crippen LogP contribution in [0.5, 0.6) is 0 Å². The summed E-state index contributed by atoms with van der Waals surface area (Å²) in [5, 5.41) is 12.0. The van der Waals surface area contributed by atoms with E-state index >= 15 is 0 Å². The lowest BCUT2D eigenvalue weighted by molar-refractivity contribution is -0.156. The number of hydrogen-bond donors (Lipinski definition) is 2. The Labute approximate surface area is 143 Å². The Morgan fingerprint density at radius 2 is 2.00 bits per heavy atom. The number of nitrogens with one attached hydrogen (secondary N) is 1. The minimum Gasteiger partial charge on any atom is -0.459 e. The van der Waals surface area contributed by atoms with Crippen LogP contribution in [0.2, 0.25) is 0 Å². The van der Waals surface area contributed by atoms with Crippen LogP contribution in [-0.4, -0.2) is 55.2 Å². The molecule has 134 valence electrons. The van der Waals surface area contributed by atoms with Gasteiger partial charge in [0.2, 0.25) is 0 Å². The van der Waals surface area contributed by atoms with Crippen molar-refractivity contribution in [1.82, 2.24) is 10.5 Å². The lowest BCUT2D eigenvalue weighted by Gasteiger charge is -2.28. The number of hydrogen-bond acceptors (Lipinski definition) is 7. The van der Waals surface area contributed by atoms with Gasteiger partial charge in [0.05, 0.1) is 25.4 Å². The fourth-order valence-electron chi connectivity index (χ4n) is 2.23. The molecule has 7 heteroatoms. The second kappa shape index (κ2) is 9.36. The third-order valence-electron chi connectivity index (χ3n) is 3.25. The lowest BCUT2D eigenvalue weighted by atomic mass is 10.0. The van der Waals surface area contributed by atoms with Crippen LogP contribution in [0.1, 0.15) is 37.9 Å². The van der Waals surface area contributed by atoms with Crippen molar-refractivity contribution in [3.63, 3.8) is 0 Å². The third kappa shape index (κ3) is 7.08. The molecule has 0 aliphatic heterocycles. The fraction of sp³-hybridized carbons (Fsp3) is 0.529. The average Bonchev–Trinajstić information content (AvgIpc) is 2.49. The van der Waals surface area contributed by atoms with E-state index in [1.807, 2.05) is 57.0 Å². The first-order valence-electron chi connectivity index (χ1n) is 7.70. The Hall–Kier alpha value is -1.96. The monoisotopic (exact) mass is 337 g/mol. The number of hydrazone groups is 1. The standard InChI is InChI=1S/C17H27N3O4/c1-17(2,3)24-16(21)11-20(4)15(12-23-5)14-8-6-13(7-9-14)10-18-19-22/h6-10,15,19,22H,11-12H2,1-5H3/b18-10-/t15-/m1/s1. The van der Waals surface area contributed by atoms with Crippen molar-refractivity contribution in [2.75, 3.05) is 27.3 Å². The predicted octanol–water partition coefficient (Wildman–Crippen LogP) is 1.96. The minimum absolute atomic E-state index is 0.0792. The minimum atomic E-state index is -0.504. The highest BCUT2D eigenvalue weighted by atomic mass is 16.6. The highest BCUT2D eigenvalue weighted by molar-refractivity contribution is 5.79. The van der Waals surface area contributed by atoms with Crippen molar-refractivity contribution in [2.24, 2.45) is 5.10 Å². The van der Waals surface area contributed by atoms with E-state index in [1.165, 1.54) is 6.21 Å². The van der Waals surface area contributed by atoms with Crippen molar-refractivity contribution < 1.29 is 19.5 Å². The van der Waals surface area contributed by atoms with E-state index in [-0.39, 0.29) is 18.6 Å². The lowest BCUT2D eigenvalue weighted by Crippen LogP contribution is -2.36. The second-order valence-corrected chi connectivity index (χ2v) is 6.50. The SMILES string of the molecule is COC[C@H](c1ccc(/C=N\NO)cc1)N(C)CC(=O)OC(C)(C)C. The zero-order valence-corrected chi connectivity index (χ0v) is 14.9. The van der Waals surface area contributed by atoms with Gasteiger partial charge in [-0.2, -0.15) is 10.7 Å². The van der Waals surface area contributed by atoms with Crippen molar-refractivity contribution in [1.29, 1.82) is 0 Å². The normalized spacial score (nSPS) is 13.3. The molecule has 0 amide bonds. The maximum Gasteiger partial charge on any atom is 0.320 e. The number of likely N-dealkylation sites (N-methyl/N-ethyl adjacent to an activating group) is 1. The number of carbonyl (C=O) groups is 1. The van der Waals surface area contributed by atoms with Crippen LogP contribution in [0.25, 0.3) is 0 Å². The van der Waals surface area contributed by atoms with Crippen molar-refractivity contribution in [3.8, 4) is 0 Å². The first kappa shape index (κ1) is 20.1. The molecule has 1 rings (SSSR count). The maximum absolute atomic E-state index is 12.0. The summed E-state index contributed by atoms with van der Waals surface area (Å²) in [7, 11) is 3.49. The molecule has 0 heterocycles. The summed E-state index contributed by atoms with van der Waals surface area (Å²) >= 11 is 0. The topological polar surface area (TPSA) is 83.4 Å². The molecule has 0 aliphatic carbocycles. The molecule has 24 heavy (non-hydrogen) atoms. The molecule has 0 fully saturated rings. The highest BCUT2D eigenvalue weighted by Crippen LogP contribution is 2.20. The molecule has 1 aromatic rings. The smallest absolute Gasteiger partial charge is 0.320 e. The van der Waals surface area contributed by atoms with E-state index in [4.69, 9.17) is 14.7 Å². The average molecular weight is 337 g/mol. The molecule has 0 aromatic heterocycles. The number of rotatable bonds is 8. The summed E-state index contributed by atoms with van der Waals surface area (Å²) < 4.78 is 10.7. The van der Waals surface area contributed by atoms with Gasteiger partial charge in [-0.05, 0) is 38.9 Å². The molecule has 0 bridgehead atoms. The summed E-state index contributed by atoms with van der Waals surface area (Å²) in [5.41, 5.74) is 3.07. The molecule has 0 spiro atoms. The number of ether oxygens (including phenoxy) is 2. The Balaban J connectivity index is 2.81. The van der Waals surface area contributed by atoms with E-state index < -0.39 is 5.60 Å². The molecule has 2 N–H and O–H groups in total. The van der Waals surface area contributed by atoms with Gasteiger partial charge in [0.15, 0.2) is 0 Å². The predicted molar refractivity (Wildman–Crippen MR) is 92.1 cm³/mol. The largest absolute Gasteiger partial charge is 0.459 e. The molecule has 7 nitrogen and oxygen atoms in total. The number of benzene rings is 1. The van der Waals surface area contributed by atoms with Gasteiger partial charge in [-0.1, -0.05) is 24.3 Å². The van der Waals surface area contributed by atoms with Gasteiger partial charge in [-0.3, -0.25) is 14.9 Å². The number of nitrogens with zero attached hydrogens (tertiary/aromatic N) is 2. The summed E-state index contributed by atoms with van der Waals surface area (Å²) in [5.74, 6) is -0.274. The van der Waals surface area contributed by atoms with E-state index in [2.05, 4.69) is 5.10 Å². The highest BCUT2D eigenvalue weighted by Gasteiger charge is 2.22. The van der Waals surface area contributed by atoms with E-state index in [9.17, 15) is 4.79 Å². The van der Waals surface area contributed by atoms with Gasteiger partial charge < -0.3 is 9.47 Å². The van der Waals surface area contributed by atoms with Crippen LogP contribution in [0, 0.1) is 0 Å². The van der Waals surface area contributed by atoms with Gasteiger partial charge in [0.25, 0.3) is 0 Å². The molecular weight excluding hydrogens is 310 g/mol. The fourth-order valence-corrected chi connectivity index (χ4v) is 2.23. The number of esters is 1. The van der Waals surface area contributed by atoms with Crippen LogP contribution in [0.4, 0.5) is 0 Å². The third-order valence-corrected chi connectivity index (χ3v) is 3.25. The first-order chi connectivity index (χ1) is 11.3. The molecule has 0 saturated carbocycles. The summed E-state index contributed by atoms with van der Waals surface area (Å²) in [6.07, 6.45) is 1.50. The van der Waals surface area contributed by atoms with Crippen molar-refractivity contribution in [3.05, 3.63) is 35.4 Å². The van der Waals surface area contributed by atoms with Crippen LogP contribution in [0.15, 0.2) is 29.4 Å². The molecule has 1 atom stereocenters. The van der Waals surface area contributed by atoms with E-state index in [0.717, 1.165) is 11.1 Å². The molecule has 1 aromatic carbocycles. The Kier molecular flexibility index (Phi) is 7.84. The van der Waals surface area contributed by atoms with Crippen LogP contribution in [0.3, 0.4) is 0 Å². The Morgan fingerprint density at radius 3 is 2.50 bits per heavy atom. The van der Waals surface area contributed by atoms with Gasteiger partial charge in [-0.15, -0.1) is 0 Å². The molecule has 0 radical (unpaired) electrons. The molecule has 0 aliphatic rings. The zero-order chi connectivity index (χ0) is 18.2. The Bertz CT molecular complexity index is 538. The summed E-state index contributed by atoms with van der Waals surface area (Å²) in [4.78, 5) is 13.9. The second-order valence-electron chi connectivity index (χ2n) is 6.50. The van der Waals surface area contributed by atoms with Gasteiger partial charge in [0.1, 0.15) is 5.60 Å². The maximum atomic E-state index is 12.0. The van der Waals surface area contributed by atoms with Crippen molar-refractivity contribution in [2.45, 2.75) is 32.4 Å². The van der Waals surface area contributed by atoms with Gasteiger partial charge >= 0.3 is 5.97 Å². The van der Waals surface area contributed by atoms with Crippen LogP contribution in [-0.2, 0) is 14.3 Å². The summed E-state index contributed by atoms with van der Waals surface area (Å²) in [6.45, 7) is 6.16. The van der Waals surface area contributed by atoms with Gasteiger partial charge in [0, 0.05) is 7.11 Å². The van der Waals surface area contributed by atoms with E-state index in [1.54, 1.807) is 12.7 Å². The zero-order valence-electron chi connectivity index (χ0n) is 14.9. The first-order valence-corrected chi connectivity index (χ1v) is 7.70.